The highest BCUT2D eigenvalue weighted by Crippen LogP contribution is 2.09. The van der Waals surface area contributed by atoms with Crippen LogP contribution in [0.4, 0.5) is 0 Å². The van der Waals surface area contributed by atoms with E-state index in [0.717, 1.165) is 25.8 Å². The van der Waals surface area contributed by atoms with Gasteiger partial charge in [0, 0.05) is 25.0 Å². The van der Waals surface area contributed by atoms with E-state index >= 15 is 0 Å². The predicted molar refractivity (Wildman–Crippen MR) is 61.6 cm³/mol. The number of aliphatic hydroxyl groups excluding tert-OH is 1. The van der Waals surface area contributed by atoms with E-state index in [4.69, 9.17) is 5.11 Å². The maximum Gasteiger partial charge on any atom is 0.0431 e. The first-order valence-corrected chi connectivity index (χ1v) is 5.58. The van der Waals surface area contributed by atoms with Gasteiger partial charge < -0.3 is 10.4 Å². The topological polar surface area (TPSA) is 45.1 Å². The number of unbranched alkanes of at least 4 members (excludes halogenated alkanes) is 2. The molecule has 0 saturated carbocycles. The number of hydrogen-bond donors (Lipinski definition) is 2. The van der Waals surface area contributed by atoms with Gasteiger partial charge in [-0.05, 0) is 50.4 Å². The molecule has 0 radical (unpaired) electrons. The second-order valence-electron chi connectivity index (χ2n) is 3.74. The van der Waals surface area contributed by atoms with Crippen LogP contribution in [-0.4, -0.2) is 23.2 Å². The summed E-state index contributed by atoms with van der Waals surface area (Å²) in [5.41, 5.74) is 1.27. The van der Waals surface area contributed by atoms with Crippen LogP contribution in [0.5, 0.6) is 0 Å². The number of hydrogen-bond acceptors (Lipinski definition) is 3. The number of rotatable bonds is 7. The summed E-state index contributed by atoms with van der Waals surface area (Å²) in [5.74, 6) is 0. The maximum absolute atomic E-state index is 8.63. The molecule has 0 aliphatic heterocycles. The second-order valence-corrected chi connectivity index (χ2v) is 3.74. The number of aromatic nitrogens is 1. The molecule has 0 aliphatic rings. The standard InChI is InChI=1S/C12H20N2O/c1-11(12-5-8-13-9-6-12)14-7-3-2-4-10-15/h5-6,8-9,11,14-15H,2-4,7,10H2,1H3/t11-/m0/s1. The van der Waals surface area contributed by atoms with Gasteiger partial charge in [0.15, 0.2) is 0 Å². The minimum atomic E-state index is 0.305. The zero-order valence-corrected chi connectivity index (χ0v) is 9.32. The average Bonchev–Trinajstić information content (AvgIpc) is 2.30. The van der Waals surface area contributed by atoms with E-state index in [1.807, 2.05) is 24.5 Å². The summed E-state index contributed by atoms with van der Waals surface area (Å²) in [6.45, 7) is 3.46. The summed E-state index contributed by atoms with van der Waals surface area (Å²) < 4.78 is 0. The van der Waals surface area contributed by atoms with Crippen LogP contribution in [0.2, 0.25) is 0 Å². The van der Waals surface area contributed by atoms with Crippen molar-refractivity contribution in [3.63, 3.8) is 0 Å². The normalized spacial score (nSPS) is 12.7. The molecule has 2 N–H and O–H groups in total. The number of nitrogens with zero attached hydrogens (tertiary/aromatic N) is 1. The van der Waals surface area contributed by atoms with E-state index in [2.05, 4.69) is 17.2 Å². The van der Waals surface area contributed by atoms with Crippen molar-refractivity contribution in [2.24, 2.45) is 0 Å². The molecule has 15 heavy (non-hydrogen) atoms. The van der Waals surface area contributed by atoms with Crippen LogP contribution >= 0.6 is 0 Å². The van der Waals surface area contributed by atoms with Crippen LogP contribution < -0.4 is 5.32 Å². The zero-order valence-electron chi connectivity index (χ0n) is 9.32. The lowest BCUT2D eigenvalue weighted by molar-refractivity contribution is 0.282. The highest BCUT2D eigenvalue weighted by Gasteiger charge is 2.02. The van der Waals surface area contributed by atoms with Crippen molar-refractivity contribution in [2.45, 2.75) is 32.2 Å². The van der Waals surface area contributed by atoms with Crippen LogP contribution in [0, 0.1) is 0 Å². The van der Waals surface area contributed by atoms with E-state index < -0.39 is 0 Å². The highest BCUT2D eigenvalue weighted by atomic mass is 16.2. The predicted octanol–water partition coefficient (Wildman–Crippen LogP) is 1.89. The Hall–Kier alpha value is -0.930. The Kier molecular flexibility index (Phi) is 5.97. The molecule has 0 aromatic carbocycles. The van der Waals surface area contributed by atoms with Crippen LogP contribution in [-0.2, 0) is 0 Å². The van der Waals surface area contributed by atoms with E-state index in [-0.39, 0.29) is 0 Å². The van der Waals surface area contributed by atoms with Crippen LogP contribution in [0.25, 0.3) is 0 Å². The largest absolute Gasteiger partial charge is 0.396 e. The molecule has 0 amide bonds. The van der Waals surface area contributed by atoms with Gasteiger partial charge in [-0.1, -0.05) is 0 Å². The van der Waals surface area contributed by atoms with Crippen LogP contribution in [0.1, 0.15) is 37.8 Å². The molecule has 3 nitrogen and oxygen atoms in total. The fraction of sp³-hybridized carbons (Fsp3) is 0.583. The van der Waals surface area contributed by atoms with Crippen LogP contribution in [0.3, 0.4) is 0 Å². The van der Waals surface area contributed by atoms with Gasteiger partial charge in [-0.15, -0.1) is 0 Å². The maximum atomic E-state index is 8.63. The molecule has 1 rings (SSSR count). The summed E-state index contributed by atoms with van der Waals surface area (Å²) in [6.07, 6.45) is 6.76. The van der Waals surface area contributed by atoms with E-state index in [1.54, 1.807) is 0 Å². The lowest BCUT2D eigenvalue weighted by Gasteiger charge is -2.13. The summed E-state index contributed by atoms with van der Waals surface area (Å²) in [6, 6.07) is 4.44. The number of pyridine rings is 1. The fourth-order valence-corrected chi connectivity index (χ4v) is 1.50. The van der Waals surface area contributed by atoms with Gasteiger partial charge in [0.1, 0.15) is 0 Å². The van der Waals surface area contributed by atoms with Gasteiger partial charge in [0.2, 0.25) is 0 Å². The molecule has 0 fully saturated rings. The molecule has 0 spiro atoms. The van der Waals surface area contributed by atoms with Crippen molar-refractivity contribution in [1.82, 2.24) is 10.3 Å². The molecule has 1 atom stereocenters. The Labute approximate surface area is 91.5 Å². The van der Waals surface area contributed by atoms with E-state index in [0.29, 0.717) is 12.6 Å². The van der Waals surface area contributed by atoms with Gasteiger partial charge in [0.05, 0.1) is 0 Å². The lowest BCUT2D eigenvalue weighted by atomic mass is 10.1. The second kappa shape index (κ2) is 7.37. The third kappa shape index (κ3) is 4.91. The van der Waals surface area contributed by atoms with Gasteiger partial charge in [0.25, 0.3) is 0 Å². The van der Waals surface area contributed by atoms with Crippen molar-refractivity contribution in [3.8, 4) is 0 Å². The molecule has 0 unspecified atom stereocenters. The van der Waals surface area contributed by atoms with Gasteiger partial charge in [-0.25, -0.2) is 0 Å². The molecule has 1 aromatic heterocycles. The fourth-order valence-electron chi connectivity index (χ4n) is 1.50. The van der Waals surface area contributed by atoms with Gasteiger partial charge >= 0.3 is 0 Å². The zero-order chi connectivity index (χ0) is 10.9. The van der Waals surface area contributed by atoms with Gasteiger partial charge in [-0.2, -0.15) is 0 Å². The molecule has 1 aromatic rings. The van der Waals surface area contributed by atoms with Crippen molar-refractivity contribution in [2.75, 3.05) is 13.2 Å². The number of aliphatic hydroxyl groups is 1. The Morgan fingerprint density at radius 2 is 2.00 bits per heavy atom. The SMILES string of the molecule is C[C@H](NCCCCCO)c1ccncc1. The van der Waals surface area contributed by atoms with Crippen molar-refractivity contribution < 1.29 is 5.11 Å². The van der Waals surface area contributed by atoms with Crippen molar-refractivity contribution in [3.05, 3.63) is 30.1 Å². The minimum absolute atomic E-state index is 0.305. The van der Waals surface area contributed by atoms with E-state index in [9.17, 15) is 0 Å². The molecular weight excluding hydrogens is 188 g/mol. The molecule has 0 saturated heterocycles. The summed E-state index contributed by atoms with van der Waals surface area (Å²) in [5, 5.41) is 12.1. The average molecular weight is 208 g/mol. The first-order valence-electron chi connectivity index (χ1n) is 5.58. The summed E-state index contributed by atoms with van der Waals surface area (Å²) in [4.78, 5) is 3.99. The molecule has 3 heteroatoms. The molecule has 0 bridgehead atoms. The third-order valence-corrected chi connectivity index (χ3v) is 2.49. The third-order valence-electron chi connectivity index (χ3n) is 2.49. The molecule has 84 valence electrons. The van der Waals surface area contributed by atoms with Crippen molar-refractivity contribution >= 4 is 0 Å². The Morgan fingerprint density at radius 3 is 2.67 bits per heavy atom. The van der Waals surface area contributed by atoms with Crippen molar-refractivity contribution in [1.29, 1.82) is 0 Å². The number of nitrogens with one attached hydrogen (secondary N) is 1. The minimum Gasteiger partial charge on any atom is -0.396 e. The Bertz CT molecular complexity index is 251. The quantitative estimate of drug-likeness (QED) is 0.673. The van der Waals surface area contributed by atoms with Gasteiger partial charge in [-0.3, -0.25) is 4.98 Å². The monoisotopic (exact) mass is 208 g/mol. The summed E-state index contributed by atoms with van der Waals surface area (Å²) in [7, 11) is 0. The smallest absolute Gasteiger partial charge is 0.0431 e. The van der Waals surface area contributed by atoms with E-state index in [1.165, 1.54) is 5.56 Å². The Morgan fingerprint density at radius 1 is 1.27 bits per heavy atom. The first-order chi connectivity index (χ1) is 7.34. The highest BCUT2D eigenvalue weighted by molar-refractivity contribution is 5.13. The lowest BCUT2D eigenvalue weighted by Crippen LogP contribution is -2.19. The molecule has 1 heterocycles. The Balaban J connectivity index is 2.16. The molecular formula is C12H20N2O. The molecule has 0 aliphatic carbocycles. The first kappa shape index (κ1) is 12.1. The van der Waals surface area contributed by atoms with Crippen LogP contribution in [0.15, 0.2) is 24.5 Å². The summed E-state index contributed by atoms with van der Waals surface area (Å²) >= 11 is 0.